The molecule has 0 saturated carbocycles. The fraction of sp³-hybridized carbons (Fsp3) is 0.583. The minimum atomic E-state index is -1.85. The molecule has 1 aromatic carbocycles. The Balaban J connectivity index is 2.75. The molecular weight excluding hydrogens is 911 g/mol. The molecule has 6 atom stereocenters. The molecule has 18 N–H and O–H groups in total. The number of thioether (sulfide) groups is 2. The van der Waals surface area contributed by atoms with Crippen LogP contribution >= 0.6 is 36.3 Å². The number of halogens is 4. The number of carbonyl (C=O) groups excluding carboxylic acids is 6. The Morgan fingerprint density at radius 3 is 1.42 bits per heavy atom. The van der Waals surface area contributed by atoms with Crippen molar-refractivity contribution in [3.8, 4) is 0 Å². The largest absolute Gasteiger partial charge is 0.370 e. The van der Waals surface area contributed by atoms with Gasteiger partial charge in [-0.2, -0.15) is 0 Å². The molecule has 2 aliphatic heterocycles. The van der Waals surface area contributed by atoms with Gasteiger partial charge in [0.1, 0.15) is 30.2 Å². The second-order valence-electron chi connectivity index (χ2n) is 14.4. The van der Waals surface area contributed by atoms with E-state index in [1.807, 2.05) is 0 Å². The van der Waals surface area contributed by atoms with Gasteiger partial charge < -0.3 is 59.7 Å². The SMILES string of the molecule is CCC(C)C(=O)CNC(=O)C1CSc2c(F)c(F)c(c(F)c2F)SCC(NS)C(=O)NC(CCCNC(=N)N)C(=O)NC(CCCNC(=N)N)C(=O)NC(CCCNC(=N)N)C(=O)N1. The average Bonchev–Trinajstić information content (AvgIpc) is 3.24. The molecule has 6 unspecified atom stereocenters. The monoisotopic (exact) mass is 967 g/mol. The number of benzene rings is 1. The summed E-state index contributed by atoms with van der Waals surface area (Å²) in [6, 6.07) is -7.58. The molecule has 0 aromatic heterocycles. The van der Waals surface area contributed by atoms with Crippen LogP contribution in [-0.4, -0.2) is 121 Å². The molecule has 2 aliphatic rings. The Hall–Kier alpha value is -5.22. The number of hydrogen-bond acceptors (Lipinski definition) is 13. The van der Waals surface area contributed by atoms with E-state index in [1.165, 1.54) is 0 Å². The number of hydrogen-bond donors (Lipinski definition) is 16. The van der Waals surface area contributed by atoms with Gasteiger partial charge in [0.2, 0.25) is 29.5 Å². The van der Waals surface area contributed by atoms with E-state index in [4.69, 9.17) is 33.4 Å². The first kappa shape index (κ1) is 54.9. The molecule has 0 radical (unpaired) electrons. The molecule has 28 heteroatoms. The standard InChI is InChI=1S/C36H57F4N15O6S3/c1-3-16(2)22(56)13-50-29(57)20-14-63-27-23(37)25(39)28(26(40)24(27)38)64-15-21(55-62)33(61)53-18(8-5-11-48-35(43)44)31(59)51-17(7-4-10-47-34(41)42)30(58)52-19(32(60)54-20)9-6-12-49-36(45)46/h16-21,55,62H,3-15H2,1-2H3,(H,50,57)(H,51,59)(H,52,58)(H,53,61)(H,54,60)(H4,41,42,47)(H4,43,44,48)(H4,45,46,49). The maximum Gasteiger partial charge on any atom is 0.243 e. The van der Waals surface area contributed by atoms with Crippen LogP contribution in [0.2, 0.25) is 0 Å². The van der Waals surface area contributed by atoms with Gasteiger partial charge in [-0.3, -0.25) is 49.7 Å². The number of amides is 5. The third kappa shape index (κ3) is 18.1. The Morgan fingerprint density at radius 2 is 1.05 bits per heavy atom. The fourth-order valence-electron chi connectivity index (χ4n) is 5.72. The zero-order valence-corrected chi connectivity index (χ0v) is 37.6. The molecule has 3 rings (SSSR count). The summed E-state index contributed by atoms with van der Waals surface area (Å²) in [5, 5.41) is 42.3. The molecule has 1 aromatic rings. The molecule has 0 saturated heterocycles. The predicted octanol–water partition coefficient (Wildman–Crippen LogP) is -1.30. The van der Waals surface area contributed by atoms with Crippen LogP contribution in [0.3, 0.4) is 0 Å². The normalized spacial score (nSPS) is 20.6. The summed E-state index contributed by atoms with van der Waals surface area (Å²) in [5.74, 6) is -15.6. The van der Waals surface area contributed by atoms with Gasteiger partial charge in [-0.1, -0.05) is 26.7 Å². The lowest BCUT2D eigenvalue weighted by Crippen LogP contribution is -2.59. The summed E-state index contributed by atoms with van der Waals surface area (Å²) in [6.07, 6.45) is 0.270. The van der Waals surface area contributed by atoms with Crippen LogP contribution in [0.4, 0.5) is 17.6 Å². The summed E-state index contributed by atoms with van der Waals surface area (Å²) in [7, 11) is 0. The van der Waals surface area contributed by atoms with E-state index in [-0.39, 0.29) is 99.4 Å². The Labute approximate surface area is 381 Å². The van der Waals surface area contributed by atoms with Crippen molar-refractivity contribution in [2.75, 3.05) is 37.7 Å². The highest BCUT2D eigenvalue weighted by Crippen LogP contribution is 2.36. The Bertz CT molecular complexity index is 1840. The van der Waals surface area contributed by atoms with Crippen LogP contribution in [-0.2, 0) is 28.8 Å². The smallest absolute Gasteiger partial charge is 0.243 e. The van der Waals surface area contributed by atoms with Gasteiger partial charge in [-0.15, -0.1) is 23.5 Å². The number of rotatable bonds is 18. The van der Waals surface area contributed by atoms with Crippen molar-refractivity contribution in [1.82, 2.24) is 47.3 Å². The summed E-state index contributed by atoms with van der Waals surface area (Å²) < 4.78 is 64.6. The number of thiol groups is 1. The van der Waals surface area contributed by atoms with E-state index in [0.717, 1.165) is 0 Å². The summed E-state index contributed by atoms with van der Waals surface area (Å²) >= 11 is 4.28. The Morgan fingerprint density at radius 1 is 0.672 bits per heavy atom. The number of ketones is 1. The van der Waals surface area contributed by atoms with Gasteiger partial charge in [0.15, 0.2) is 46.9 Å². The van der Waals surface area contributed by atoms with Crippen molar-refractivity contribution in [3.63, 3.8) is 0 Å². The van der Waals surface area contributed by atoms with Crippen molar-refractivity contribution < 1.29 is 46.3 Å². The molecule has 358 valence electrons. The Kier molecular flexibility index (Phi) is 23.9. The van der Waals surface area contributed by atoms with Gasteiger partial charge in [-0.05, 0) is 44.9 Å². The van der Waals surface area contributed by atoms with E-state index in [9.17, 15) is 28.8 Å². The van der Waals surface area contributed by atoms with Crippen molar-refractivity contribution in [2.45, 2.75) is 98.8 Å². The van der Waals surface area contributed by atoms with Crippen LogP contribution in [0.5, 0.6) is 0 Å². The maximum atomic E-state index is 15.6. The van der Waals surface area contributed by atoms with E-state index in [2.05, 4.69) is 60.1 Å². The van der Waals surface area contributed by atoms with Crippen LogP contribution in [0, 0.1) is 45.4 Å². The zero-order chi connectivity index (χ0) is 48.1. The molecule has 2 heterocycles. The highest BCUT2D eigenvalue weighted by Gasteiger charge is 2.34. The van der Waals surface area contributed by atoms with Gasteiger partial charge in [-0.25, -0.2) is 17.6 Å². The second kappa shape index (κ2) is 27.9. The second-order valence-corrected chi connectivity index (χ2v) is 16.7. The van der Waals surface area contributed by atoms with Gasteiger partial charge >= 0.3 is 0 Å². The summed E-state index contributed by atoms with van der Waals surface area (Å²) in [5.41, 5.74) is 16.1. The first-order valence-electron chi connectivity index (χ1n) is 20.0. The number of nitrogens with two attached hydrogens (primary N) is 3. The molecule has 21 nitrogen and oxygen atoms in total. The number of guanidine groups is 3. The van der Waals surface area contributed by atoms with Gasteiger partial charge in [0, 0.05) is 37.1 Å². The first-order valence-corrected chi connectivity index (χ1v) is 22.4. The number of nitrogens with one attached hydrogen (secondary N) is 12. The lowest BCUT2D eigenvalue weighted by Gasteiger charge is -2.27. The summed E-state index contributed by atoms with van der Waals surface area (Å²) in [6.45, 7) is 3.00. The van der Waals surface area contributed by atoms with Crippen LogP contribution in [0.1, 0.15) is 58.8 Å². The van der Waals surface area contributed by atoms with Gasteiger partial charge in [0.05, 0.1) is 16.3 Å². The quantitative estimate of drug-likeness (QED) is 0.0155. The zero-order valence-electron chi connectivity index (χ0n) is 35.1. The third-order valence-corrected chi connectivity index (χ3v) is 12.1. The molecule has 0 aliphatic carbocycles. The van der Waals surface area contributed by atoms with Crippen LogP contribution in [0.15, 0.2) is 9.79 Å². The van der Waals surface area contributed by atoms with E-state index in [0.29, 0.717) is 6.42 Å². The number of carbonyl (C=O) groups is 6. The highest BCUT2D eigenvalue weighted by molar-refractivity contribution is 7.99. The molecule has 64 heavy (non-hydrogen) atoms. The number of fused-ring (bicyclic) bond motifs is 18. The lowest BCUT2D eigenvalue weighted by atomic mass is 10.0. The third-order valence-electron chi connectivity index (χ3n) is 9.53. The van der Waals surface area contributed by atoms with Crippen molar-refractivity contribution in [1.29, 1.82) is 16.2 Å². The minimum Gasteiger partial charge on any atom is -0.370 e. The van der Waals surface area contributed by atoms with E-state index < -0.39 is 123 Å². The molecular formula is C36H57F4N15O6S3. The van der Waals surface area contributed by atoms with Gasteiger partial charge in [0.25, 0.3) is 0 Å². The van der Waals surface area contributed by atoms with E-state index in [1.54, 1.807) is 13.8 Å². The van der Waals surface area contributed by atoms with Crippen molar-refractivity contribution in [3.05, 3.63) is 23.3 Å². The van der Waals surface area contributed by atoms with Crippen molar-refractivity contribution in [2.24, 2.45) is 23.1 Å². The first-order chi connectivity index (χ1) is 30.2. The summed E-state index contributed by atoms with van der Waals surface area (Å²) in [4.78, 5) is 79.5. The van der Waals surface area contributed by atoms with Crippen molar-refractivity contribution >= 4 is 89.5 Å². The predicted molar refractivity (Wildman–Crippen MR) is 236 cm³/mol. The van der Waals surface area contributed by atoms with E-state index >= 15 is 17.6 Å². The molecule has 0 fully saturated rings. The maximum absolute atomic E-state index is 15.6. The average molecular weight is 968 g/mol. The minimum absolute atomic E-state index is 0.0231. The molecule has 5 amide bonds. The van der Waals surface area contributed by atoms with Crippen LogP contribution < -0.4 is 64.5 Å². The molecule has 2 bridgehead atoms. The lowest BCUT2D eigenvalue weighted by molar-refractivity contribution is -0.135. The fourth-order valence-corrected chi connectivity index (χ4v) is 8.05. The topological polar surface area (TPSA) is 360 Å². The highest BCUT2D eigenvalue weighted by atomic mass is 32.2. The van der Waals surface area contributed by atoms with Crippen LogP contribution in [0.25, 0.3) is 0 Å². The number of Topliss-reactive ketones (excluding diaryl/α,β-unsaturated/α-hetero) is 1. The molecule has 0 spiro atoms.